The fourth-order valence-corrected chi connectivity index (χ4v) is 4.29. The van der Waals surface area contributed by atoms with Gasteiger partial charge in [0.05, 0.1) is 6.33 Å². The van der Waals surface area contributed by atoms with Crippen LogP contribution in [-0.4, -0.2) is 68.1 Å². The van der Waals surface area contributed by atoms with E-state index >= 15 is 0 Å². The molecule has 1 aliphatic heterocycles. The Balaban J connectivity index is 1.74. The van der Waals surface area contributed by atoms with E-state index < -0.39 is 42.4 Å². The summed E-state index contributed by atoms with van der Waals surface area (Å²) in [5, 5.41) is 3.48. The number of ether oxygens (including phenoxy) is 4. The van der Waals surface area contributed by atoms with Crippen LogP contribution in [0, 0.1) is 0 Å². The van der Waals surface area contributed by atoms with E-state index in [2.05, 4.69) is 15.0 Å². The van der Waals surface area contributed by atoms with Crippen molar-refractivity contribution >= 4 is 46.2 Å². The number of esters is 3. The van der Waals surface area contributed by atoms with Crippen LogP contribution in [-0.2, 0) is 33.3 Å². The standard InChI is InChI=1S/C21H20N4O8S/c1-10(26)30-6-14-18(31-11(2)27)19(32-12(3)28)21(33-14)25-9-24-16-15(22-8-23-20(16)25)17(29)13-4-5-34-7-13/h4-5,7-9,14,18-19,21H,6H2,1-3H3/t14-,18-,19-,21-/m1/s1. The molecule has 3 aromatic rings. The van der Waals surface area contributed by atoms with Crippen LogP contribution in [0.3, 0.4) is 0 Å². The fourth-order valence-electron chi connectivity index (χ4n) is 3.65. The Labute approximate surface area is 196 Å². The number of imidazole rings is 1. The summed E-state index contributed by atoms with van der Waals surface area (Å²) in [4.78, 5) is 60.5. The molecule has 0 unspecified atom stereocenters. The predicted molar refractivity (Wildman–Crippen MR) is 115 cm³/mol. The molecule has 12 nitrogen and oxygen atoms in total. The summed E-state index contributed by atoms with van der Waals surface area (Å²) in [5.41, 5.74) is 1.02. The average Bonchev–Trinajstić information content (AvgIpc) is 3.51. The number of hydrogen-bond donors (Lipinski definition) is 0. The van der Waals surface area contributed by atoms with E-state index in [0.29, 0.717) is 5.56 Å². The van der Waals surface area contributed by atoms with Crippen molar-refractivity contribution in [2.75, 3.05) is 6.61 Å². The van der Waals surface area contributed by atoms with Gasteiger partial charge in [0.2, 0.25) is 5.78 Å². The lowest BCUT2D eigenvalue weighted by Crippen LogP contribution is -2.40. The highest BCUT2D eigenvalue weighted by atomic mass is 32.1. The second kappa shape index (κ2) is 9.65. The number of thiophene rings is 1. The molecule has 0 aromatic carbocycles. The minimum atomic E-state index is -1.11. The number of ketones is 1. The number of hydrogen-bond acceptors (Lipinski definition) is 12. The van der Waals surface area contributed by atoms with E-state index in [0.717, 1.165) is 0 Å². The van der Waals surface area contributed by atoms with Crippen LogP contribution in [0.2, 0.25) is 0 Å². The van der Waals surface area contributed by atoms with Gasteiger partial charge in [-0.15, -0.1) is 0 Å². The molecule has 0 saturated carbocycles. The van der Waals surface area contributed by atoms with Gasteiger partial charge in [-0.1, -0.05) is 0 Å². The molecule has 1 saturated heterocycles. The van der Waals surface area contributed by atoms with Gasteiger partial charge in [0.15, 0.2) is 24.1 Å². The molecular formula is C21H20N4O8S. The molecule has 13 heteroatoms. The maximum atomic E-state index is 12.9. The lowest BCUT2D eigenvalue weighted by Gasteiger charge is -2.23. The number of fused-ring (bicyclic) bond motifs is 1. The Bertz CT molecular complexity index is 1240. The second-order valence-corrected chi connectivity index (χ2v) is 8.18. The molecule has 3 aromatic heterocycles. The summed E-state index contributed by atoms with van der Waals surface area (Å²) >= 11 is 1.38. The van der Waals surface area contributed by atoms with Crippen LogP contribution in [0.5, 0.6) is 0 Å². The van der Waals surface area contributed by atoms with E-state index in [1.54, 1.807) is 16.8 Å². The van der Waals surface area contributed by atoms with Crippen molar-refractivity contribution < 1.29 is 38.1 Å². The molecule has 4 atom stereocenters. The van der Waals surface area contributed by atoms with Crippen LogP contribution >= 0.6 is 11.3 Å². The zero-order chi connectivity index (χ0) is 24.4. The maximum Gasteiger partial charge on any atom is 0.303 e. The predicted octanol–water partition coefficient (Wildman–Crippen LogP) is 1.44. The van der Waals surface area contributed by atoms with Crippen molar-refractivity contribution in [2.24, 2.45) is 0 Å². The third-order valence-corrected chi connectivity index (χ3v) is 5.66. The molecule has 34 heavy (non-hydrogen) atoms. The summed E-state index contributed by atoms with van der Waals surface area (Å²) in [7, 11) is 0. The topological polar surface area (TPSA) is 149 Å². The highest BCUT2D eigenvalue weighted by Gasteiger charge is 2.51. The SMILES string of the molecule is CC(=O)OC[C@H]1O[C@@H](n2cnc3c(C(=O)c4ccsc4)ncnc32)[C@H](OC(C)=O)[C@@H]1OC(C)=O. The van der Waals surface area contributed by atoms with E-state index in [-0.39, 0.29) is 29.2 Å². The quantitative estimate of drug-likeness (QED) is 0.270. The molecule has 1 fully saturated rings. The maximum absolute atomic E-state index is 12.9. The first-order valence-electron chi connectivity index (χ1n) is 10.1. The average molecular weight is 488 g/mol. The lowest BCUT2D eigenvalue weighted by molar-refractivity contribution is -0.166. The molecule has 0 aliphatic carbocycles. The van der Waals surface area contributed by atoms with Gasteiger partial charge < -0.3 is 18.9 Å². The molecule has 0 radical (unpaired) electrons. The fraction of sp³-hybridized carbons (Fsp3) is 0.381. The Morgan fingerprint density at radius 2 is 1.76 bits per heavy atom. The van der Waals surface area contributed by atoms with Gasteiger partial charge in [-0.05, 0) is 11.4 Å². The van der Waals surface area contributed by atoms with Crippen LogP contribution in [0.4, 0.5) is 0 Å². The summed E-state index contributed by atoms with van der Waals surface area (Å²) in [6.45, 7) is 3.38. The van der Waals surface area contributed by atoms with E-state index in [9.17, 15) is 19.2 Å². The number of aromatic nitrogens is 4. The molecule has 0 N–H and O–H groups in total. The Kier molecular flexibility index (Phi) is 6.65. The first kappa shape index (κ1) is 23.4. The normalized spacial score (nSPS) is 21.9. The number of rotatable bonds is 7. The number of nitrogens with zero attached hydrogens (tertiary/aromatic N) is 4. The monoisotopic (exact) mass is 488 g/mol. The van der Waals surface area contributed by atoms with E-state index in [1.807, 2.05) is 0 Å². The van der Waals surface area contributed by atoms with Gasteiger partial charge >= 0.3 is 17.9 Å². The zero-order valence-corrected chi connectivity index (χ0v) is 19.2. The van der Waals surface area contributed by atoms with Crippen LogP contribution < -0.4 is 0 Å². The number of carbonyl (C=O) groups excluding carboxylic acids is 4. The van der Waals surface area contributed by atoms with Gasteiger partial charge in [-0.3, -0.25) is 23.7 Å². The van der Waals surface area contributed by atoms with Gasteiger partial charge in [0, 0.05) is 31.7 Å². The van der Waals surface area contributed by atoms with Crippen molar-refractivity contribution in [1.82, 2.24) is 19.5 Å². The van der Waals surface area contributed by atoms with Gasteiger partial charge in [0.1, 0.15) is 30.2 Å². The van der Waals surface area contributed by atoms with Gasteiger partial charge in [0.25, 0.3) is 0 Å². The van der Waals surface area contributed by atoms with Crippen LogP contribution in [0.25, 0.3) is 11.2 Å². The zero-order valence-electron chi connectivity index (χ0n) is 18.4. The molecule has 178 valence electrons. The van der Waals surface area contributed by atoms with Crippen LogP contribution in [0.1, 0.15) is 43.1 Å². The minimum Gasteiger partial charge on any atom is -0.463 e. The lowest BCUT2D eigenvalue weighted by atomic mass is 10.1. The summed E-state index contributed by atoms with van der Waals surface area (Å²) in [5.74, 6) is -2.17. The first-order chi connectivity index (χ1) is 16.3. The van der Waals surface area contributed by atoms with Crippen molar-refractivity contribution in [2.45, 2.75) is 45.3 Å². The second-order valence-electron chi connectivity index (χ2n) is 7.40. The first-order valence-corrected chi connectivity index (χ1v) is 11.1. The Morgan fingerprint density at radius 3 is 2.41 bits per heavy atom. The van der Waals surface area contributed by atoms with Crippen LogP contribution in [0.15, 0.2) is 29.5 Å². The largest absolute Gasteiger partial charge is 0.463 e. The van der Waals surface area contributed by atoms with E-state index in [1.165, 1.54) is 49.3 Å². The molecule has 0 spiro atoms. The smallest absolute Gasteiger partial charge is 0.303 e. The van der Waals surface area contributed by atoms with Crippen molar-refractivity contribution in [3.8, 4) is 0 Å². The highest BCUT2D eigenvalue weighted by Crippen LogP contribution is 2.36. The molecule has 4 heterocycles. The van der Waals surface area contributed by atoms with Crippen molar-refractivity contribution in [3.05, 3.63) is 40.7 Å². The molecule has 1 aliphatic rings. The third kappa shape index (κ3) is 4.65. The van der Waals surface area contributed by atoms with Gasteiger partial charge in [-0.25, -0.2) is 15.0 Å². The number of carbonyl (C=O) groups is 4. The van der Waals surface area contributed by atoms with Crippen molar-refractivity contribution in [1.29, 1.82) is 0 Å². The molecule has 0 amide bonds. The Hall–Kier alpha value is -3.71. The molecule has 4 rings (SSSR count). The summed E-state index contributed by atoms with van der Waals surface area (Å²) < 4.78 is 23.3. The molecular weight excluding hydrogens is 468 g/mol. The van der Waals surface area contributed by atoms with Gasteiger partial charge in [-0.2, -0.15) is 11.3 Å². The summed E-state index contributed by atoms with van der Waals surface area (Å²) in [6, 6.07) is 1.68. The Morgan fingerprint density at radius 1 is 1.03 bits per heavy atom. The minimum absolute atomic E-state index is 0.0946. The van der Waals surface area contributed by atoms with E-state index in [4.69, 9.17) is 18.9 Å². The third-order valence-electron chi connectivity index (χ3n) is 4.97. The van der Waals surface area contributed by atoms with Crippen molar-refractivity contribution in [3.63, 3.8) is 0 Å². The summed E-state index contributed by atoms with van der Waals surface area (Å²) in [6.07, 6.45) is -1.58. The highest BCUT2D eigenvalue weighted by molar-refractivity contribution is 7.08. The molecule has 0 bridgehead atoms.